The summed E-state index contributed by atoms with van der Waals surface area (Å²) in [4.78, 5) is 0. The van der Waals surface area contributed by atoms with Crippen LogP contribution in [0, 0.1) is 0 Å². The third-order valence-corrected chi connectivity index (χ3v) is 2.94. The molecule has 0 fully saturated rings. The average Bonchev–Trinajstić information content (AvgIpc) is 3.08. The minimum atomic E-state index is -4.53. The van der Waals surface area contributed by atoms with Crippen LogP contribution < -0.4 is 4.74 Å². The molecule has 0 aromatic heterocycles. The fourth-order valence-corrected chi connectivity index (χ4v) is 1.94. The number of hydrogen-bond donors (Lipinski definition) is 0. The highest BCUT2D eigenvalue weighted by atomic mass is 19.4. The summed E-state index contributed by atoms with van der Waals surface area (Å²) in [7, 11) is 1.36. The van der Waals surface area contributed by atoms with Crippen LogP contribution in [0.4, 0.5) is 13.2 Å². The van der Waals surface area contributed by atoms with E-state index in [0.717, 1.165) is 5.56 Å². The van der Waals surface area contributed by atoms with Crippen molar-refractivity contribution in [2.24, 2.45) is 10.2 Å². The molecule has 0 atom stereocenters. The van der Waals surface area contributed by atoms with Crippen LogP contribution in [-0.2, 0) is 5.66 Å². The molecule has 2 rings (SSSR count). The monoisotopic (exact) mass is 258 g/mol. The van der Waals surface area contributed by atoms with Gasteiger partial charge in [0, 0.05) is 0 Å². The molecule has 1 aliphatic rings. The van der Waals surface area contributed by atoms with E-state index in [0.29, 0.717) is 0 Å². The number of benzene rings is 1. The zero-order valence-corrected chi connectivity index (χ0v) is 10.2. The first-order chi connectivity index (χ1) is 8.33. The number of nitrogens with zero attached hydrogens (tertiary/aromatic N) is 2. The number of ether oxygens (including phenoxy) is 1. The highest BCUT2D eigenvalue weighted by Gasteiger charge is 2.66. The maximum Gasteiger partial charge on any atom is 0.442 e. The molecule has 18 heavy (non-hydrogen) atoms. The van der Waals surface area contributed by atoms with Crippen LogP contribution in [0.1, 0.15) is 30.9 Å². The van der Waals surface area contributed by atoms with Crippen LogP contribution in [0.3, 0.4) is 0 Å². The van der Waals surface area contributed by atoms with E-state index in [4.69, 9.17) is 4.74 Å². The molecule has 0 unspecified atom stereocenters. The third kappa shape index (κ3) is 1.76. The normalized spacial score (nSPS) is 17.1. The van der Waals surface area contributed by atoms with Crippen LogP contribution in [-0.4, -0.2) is 13.3 Å². The highest BCUT2D eigenvalue weighted by Crippen LogP contribution is 2.55. The van der Waals surface area contributed by atoms with Crippen molar-refractivity contribution in [3.05, 3.63) is 29.3 Å². The molecule has 1 aliphatic heterocycles. The van der Waals surface area contributed by atoms with Gasteiger partial charge in [-0.1, -0.05) is 32.0 Å². The lowest BCUT2D eigenvalue weighted by molar-refractivity contribution is -0.166. The van der Waals surface area contributed by atoms with Crippen molar-refractivity contribution in [2.75, 3.05) is 7.11 Å². The molecular formula is C12H13F3N2O. The van der Waals surface area contributed by atoms with E-state index in [1.54, 1.807) is 12.1 Å². The number of rotatable bonds is 3. The predicted octanol–water partition coefficient (Wildman–Crippen LogP) is 4.00. The molecule has 1 aromatic rings. The minimum absolute atomic E-state index is 0.0382. The Morgan fingerprint density at radius 3 is 2.22 bits per heavy atom. The molecule has 0 amide bonds. The molecule has 0 spiro atoms. The van der Waals surface area contributed by atoms with Gasteiger partial charge in [0.05, 0.1) is 12.7 Å². The Morgan fingerprint density at radius 1 is 1.22 bits per heavy atom. The van der Waals surface area contributed by atoms with Gasteiger partial charge in [-0.15, -0.1) is 10.2 Å². The molecule has 6 heteroatoms. The molecule has 0 radical (unpaired) electrons. The summed E-state index contributed by atoms with van der Waals surface area (Å²) in [6, 6.07) is 4.68. The van der Waals surface area contributed by atoms with Gasteiger partial charge in [-0.2, -0.15) is 13.2 Å². The lowest BCUT2D eigenvalue weighted by Gasteiger charge is -2.20. The smallest absolute Gasteiger partial charge is 0.442 e. The maximum atomic E-state index is 13.0. The van der Waals surface area contributed by atoms with Crippen molar-refractivity contribution in [3.63, 3.8) is 0 Å². The molecule has 1 aromatic carbocycles. The summed E-state index contributed by atoms with van der Waals surface area (Å²) in [5.74, 6) is 0.277. The van der Waals surface area contributed by atoms with Gasteiger partial charge >= 0.3 is 11.8 Å². The lowest BCUT2D eigenvalue weighted by atomic mass is 9.94. The Labute approximate surface area is 103 Å². The molecule has 0 saturated heterocycles. The fourth-order valence-electron chi connectivity index (χ4n) is 1.94. The van der Waals surface area contributed by atoms with Crippen molar-refractivity contribution in [3.8, 4) is 5.75 Å². The van der Waals surface area contributed by atoms with Crippen molar-refractivity contribution in [1.82, 2.24) is 0 Å². The largest absolute Gasteiger partial charge is 0.496 e. The molecule has 3 nitrogen and oxygen atoms in total. The molecule has 98 valence electrons. The lowest BCUT2D eigenvalue weighted by Crippen LogP contribution is -2.30. The van der Waals surface area contributed by atoms with Gasteiger partial charge < -0.3 is 4.74 Å². The topological polar surface area (TPSA) is 34.0 Å². The van der Waals surface area contributed by atoms with E-state index in [-0.39, 0.29) is 17.2 Å². The predicted molar refractivity (Wildman–Crippen MR) is 59.7 cm³/mol. The second-order valence-corrected chi connectivity index (χ2v) is 4.45. The SMILES string of the molecule is COc1c(C(C)C)cccc1C1(C(F)(F)F)N=N1. The Hall–Kier alpha value is -1.59. The van der Waals surface area contributed by atoms with Gasteiger partial charge in [-0.25, -0.2) is 0 Å². The van der Waals surface area contributed by atoms with Gasteiger partial charge in [-0.3, -0.25) is 0 Å². The fraction of sp³-hybridized carbons (Fsp3) is 0.500. The van der Waals surface area contributed by atoms with Crippen molar-refractivity contribution >= 4 is 0 Å². The van der Waals surface area contributed by atoms with Gasteiger partial charge in [0.2, 0.25) is 0 Å². The third-order valence-electron chi connectivity index (χ3n) is 2.94. The summed E-state index contributed by atoms with van der Waals surface area (Å²) in [5, 5.41) is 6.41. The second-order valence-electron chi connectivity index (χ2n) is 4.45. The maximum absolute atomic E-state index is 13.0. The van der Waals surface area contributed by atoms with E-state index in [9.17, 15) is 13.2 Å². The number of para-hydroxylation sites is 1. The standard InChI is InChI=1S/C12H13F3N2O/c1-7(2)8-5-4-6-9(10(8)18-3)11(16-17-11)12(13,14)15/h4-7H,1-3H3. The Bertz CT molecular complexity index is 489. The van der Waals surface area contributed by atoms with E-state index >= 15 is 0 Å². The second kappa shape index (κ2) is 3.96. The van der Waals surface area contributed by atoms with Crippen molar-refractivity contribution in [1.29, 1.82) is 0 Å². The van der Waals surface area contributed by atoms with Crippen molar-refractivity contribution < 1.29 is 17.9 Å². The first kappa shape index (κ1) is 12.9. The summed E-state index contributed by atoms with van der Waals surface area (Å²) < 4.78 is 44.1. The molecule has 0 N–H and O–H groups in total. The quantitative estimate of drug-likeness (QED) is 0.806. The van der Waals surface area contributed by atoms with E-state index < -0.39 is 11.8 Å². The summed E-state index contributed by atoms with van der Waals surface area (Å²) in [6.07, 6.45) is -4.53. The van der Waals surface area contributed by atoms with Gasteiger partial charge in [0.1, 0.15) is 5.75 Å². The Morgan fingerprint density at radius 2 is 1.83 bits per heavy atom. The van der Waals surface area contributed by atoms with Gasteiger partial charge in [-0.05, 0) is 11.5 Å². The summed E-state index contributed by atoms with van der Waals surface area (Å²) in [5.41, 5.74) is -1.75. The van der Waals surface area contributed by atoms with Crippen LogP contribution in [0.25, 0.3) is 0 Å². The van der Waals surface area contributed by atoms with Gasteiger partial charge in [0.15, 0.2) is 0 Å². The highest BCUT2D eigenvalue weighted by molar-refractivity contribution is 5.49. The molecule has 0 bridgehead atoms. The first-order valence-electron chi connectivity index (χ1n) is 5.51. The number of hydrogen-bond acceptors (Lipinski definition) is 3. The van der Waals surface area contributed by atoms with E-state index in [1.807, 2.05) is 13.8 Å². The first-order valence-corrected chi connectivity index (χ1v) is 5.51. The van der Waals surface area contributed by atoms with Crippen LogP contribution >= 0.6 is 0 Å². The zero-order chi connectivity index (χ0) is 13.6. The van der Waals surface area contributed by atoms with E-state index in [1.165, 1.54) is 13.2 Å². The summed E-state index contributed by atoms with van der Waals surface area (Å²) in [6.45, 7) is 3.78. The average molecular weight is 258 g/mol. The molecular weight excluding hydrogens is 245 g/mol. The van der Waals surface area contributed by atoms with E-state index in [2.05, 4.69) is 10.2 Å². The minimum Gasteiger partial charge on any atom is -0.496 e. The zero-order valence-electron chi connectivity index (χ0n) is 10.2. The van der Waals surface area contributed by atoms with Crippen molar-refractivity contribution in [2.45, 2.75) is 31.6 Å². The summed E-state index contributed by atoms with van der Waals surface area (Å²) >= 11 is 0. The molecule has 1 heterocycles. The number of methoxy groups -OCH3 is 1. The van der Waals surface area contributed by atoms with Gasteiger partial charge in [0.25, 0.3) is 0 Å². The Balaban J connectivity index is 2.56. The Kier molecular flexibility index (Phi) is 2.83. The van der Waals surface area contributed by atoms with Crippen LogP contribution in [0.5, 0.6) is 5.75 Å². The number of halogens is 3. The molecule has 0 saturated carbocycles. The molecule has 0 aliphatic carbocycles. The number of alkyl halides is 3. The van der Waals surface area contributed by atoms with Crippen LogP contribution in [0.2, 0.25) is 0 Å². The van der Waals surface area contributed by atoms with Crippen LogP contribution in [0.15, 0.2) is 28.4 Å².